The number of ether oxygens (including phenoxy) is 1. The summed E-state index contributed by atoms with van der Waals surface area (Å²) in [5, 5.41) is 0. The highest BCUT2D eigenvalue weighted by atomic mass is 32.2. The van der Waals surface area contributed by atoms with Crippen LogP contribution in [0.3, 0.4) is 0 Å². The fourth-order valence-corrected chi connectivity index (χ4v) is 6.21. The molecule has 2 aromatic carbocycles. The Morgan fingerprint density at radius 3 is 2.46 bits per heavy atom. The largest absolute Gasteiger partial charge is 0.486 e. The molecule has 2 aliphatic rings. The van der Waals surface area contributed by atoms with Crippen LogP contribution in [-0.2, 0) is 16.3 Å². The van der Waals surface area contributed by atoms with Gasteiger partial charge >= 0.3 is 0 Å². The first-order valence-electron chi connectivity index (χ1n) is 13.9. The molecule has 0 unspecified atom stereocenters. The molecule has 1 saturated heterocycles. The summed E-state index contributed by atoms with van der Waals surface area (Å²) in [5.74, 6) is -0.946. The molecule has 0 atom stereocenters. The number of rotatable bonds is 8. The molecule has 7 nitrogen and oxygen atoms in total. The molecule has 41 heavy (non-hydrogen) atoms. The van der Waals surface area contributed by atoms with Crippen molar-refractivity contribution in [1.29, 1.82) is 0 Å². The molecule has 1 fully saturated rings. The van der Waals surface area contributed by atoms with Gasteiger partial charge in [-0.3, -0.25) is 0 Å². The second-order valence-corrected chi connectivity index (χ2v) is 13.5. The molecule has 2 aliphatic heterocycles. The number of fused-ring (bicyclic) bond motifs is 1. The van der Waals surface area contributed by atoms with Crippen LogP contribution in [-0.4, -0.2) is 74.1 Å². The number of hydrogen-bond acceptors (Lipinski definition) is 7. The third kappa shape index (κ3) is 6.83. The first-order valence-corrected chi connectivity index (χ1v) is 16.0. The van der Waals surface area contributed by atoms with Crippen LogP contribution >= 0.6 is 0 Å². The first-order chi connectivity index (χ1) is 19.5. The third-order valence-electron chi connectivity index (χ3n) is 7.84. The van der Waals surface area contributed by atoms with E-state index in [1.54, 1.807) is 12.1 Å². The van der Waals surface area contributed by atoms with E-state index in [0.29, 0.717) is 42.3 Å². The molecule has 0 amide bonds. The van der Waals surface area contributed by atoms with Crippen molar-refractivity contribution in [3.8, 4) is 17.0 Å². The Balaban J connectivity index is 1.31. The van der Waals surface area contributed by atoms with Gasteiger partial charge in [-0.2, -0.15) is 0 Å². The van der Waals surface area contributed by atoms with E-state index in [2.05, 4.69) is 14.9 Å². The van der Waals surface area contributed by atoms with E-state index in [9.17, 15) is 17.2 Å². The summed E-state index contributed by atoms with van der Waals surface area (Å²) < 4.78 is 73.5. The third-order valence-corrected chi connectivity index (χ3v) is 8.76. The van der Waals surface area contributed by atoms with E-state index in [1.807, 2.05) is 24.8 Å². The number of likely N-dealkylation sites (tertiary alicyclic amines) is 1. The van der Waals surface area contributed by atoms with Crippen molar-refractivity contribution >= 4 is 15.5 Å². The minimum Gasteiger partial charge on any atom is -0.486 e. The highest BCUT2D eigenvalue weighted by Crippen LogP contribution is 2.39. The summed E-state index contributed by atoms with van der Waals surface area (Å²) in [6, 6.07) is 8.09. The lowest BCUT2D eigenvalue weighted by atomic mass is 9.88. The Labute approximate surface area is 239 Å². The van der Waals surface area contributed by atoms with Crippen LogP contribution in [0.15, 0.2) is 36.5 Å². The van der Waals surface area contributed by atoms with Gasteiger partial charge < -0.3 is 14.5 Å². The van der Waals surface area contributed by atoms with Crippen LogP contribution in [0.1, 0.15) is 49.6 Å². The number of aromatic nitrogens is 2. The molecule has 0 N–H and O–H groups in total. The normalized spacial score (nSPS) is 16.6. The second-order valence-electron chi connectivity index (χ2n) is 11.2. The second kappa shape index (κ2) is 12.0. The van der Waals surface area contributed by atoms with Crippen LogP contribution in [0, 0.1) is 17.5 Å². The quantitative estimate of drug-likeness (QED) is 0.367. The summed E-state index contributed by atoms with van der Waals surface area (Å²) in [6.45, 7) is 6.89. The van der Waals surface area contributed by atoms with Crippen LogP contribution in [0.5, 0.6) is 5.75 Å². The monoisotopic (exact) mass is 588 g/mol. The summed E-state index contributed by atoms with van der Waals surface area (Å²) in [4.78, 5) is 12.6. The standard InChI is InChI=1S/C30H35F3N4O3S/c1-19(2)37-10-12-40-30-25(32)16-22(17-27(30)37)29-26(33)18-34-28(35-29)15-20-4-5-23(24(31)14-20)21-6-8-36(9-7-21)11-13-41(3,38)39/h4-5,14,16-19,21H,6-13,15H2,1-3H3. The Morgan fingerprint density at radius 2 is 1.78 bits per heavy atom. The molecule has 0 saturated carbocycles. The van der Waals surface area contributed by atoms with Gasteiger partial charge in [0.1, 0.15) is 33.8 Å². The van der Waals surface area contributed by atoms with Gasteiger partial charge in [-0.25, -0.2) is 31.6 Å². The molecule has 5 rings (SSSR count). The average molecular weight is 589 g/mol. The zero-order valence-corrected chi connectivity index (χ0v) is 24.4. The number of halogens is 3. The van der Waals surface area contributed by atoms with Crippen LogP contribution in [0.2, 0.25) is 0 Å². The van der Waals surface area contributed by atoms with Crippen molar-refractivity contribution in [2.24, 2.45) is 0 Å². The van der Waals surface area contributed by atoms with Gasteiger partial charge in [-0.05, 0) is 75.0 Å². The van der Waals surface area contributed by atoms with Gasteiger partial charge in [-0.15, -0.1) is 0 Å². The van der Waals surface area contributed by atoms with E-state index in [-0.39, 0.29) is 47.0 Å². The highest BCUT2D eigenvalue weighted by Gasteiger charge is 2.26. The van der Waals surface area contributed by atoms with Gasteiger partial charge in [0.2, 0.25) is 0 Å². The van der Waals surface area contributed by atoms with Crippen molar-refractivity contribution in [1.82, 2.24) is 14.9 Å². The van der Waals surface area contributed by atoms with Crippen molar-refractivity contribution < 1.29 is 26.3 Å². The van der Waals surface area contributed by atoms with Crippen molar-refractivity contribution in [2.75, 3.05) is 49.7 Å². The van der Waals surface area contributed by atoms with Crippen LogP contribution in [0.4, 0.5) is 18.9 Å². The fourth-order valence-electron chi connectivity index (χ4n) is 5.62. The Kier molecular flexibility index (Phi) is 8.56. The molecule has 220 valence electrons. The van der Waals surface area contributed by atoms with Crippen LogP contribution < -0.4 is 9.64 Å². The van der Waals surface area contributed by atoms with E-state index in [1.165, 1.54) is 18.4 Å². The minimum atomic E-state index is -3.02. The number of sulfone groups is 1. The smallest absolute Gasteiger partial charge is 0.178 e. The molecule has 1 aromatic heterocycles. The van der Waals surface area contributed by atoms with E-state index >= 15 is 4.39 Å². The van der Waals surface area contributed by atoms with Gasteiger partial charge in [-0.1, -0.05) is 12.1 Å². The number of benzene rings is 2. The fraction of sp³-hybridized carbons (Fsp3) is 0.467. The van der Waals surface area contributed by atoms with E-state index < -0.39 is 21.5 Å². The molecule has 0 aliphatic carbocycles. The molecule has 11 heteroatoms. The van der Waals surface area contributed by atoms with Gasteiger partial charge in [0.15, 0.2) is 17.4 Å². The zero-order valence-electron chi connectivity index (χ0n) is 23.5. The number of hydrogen-bond donors (Lipinski definition) is 0. The molecular formula is C30H35F3N4O3S. The summed E-state index contributed by atoms with van der Waals surface area (Å²) >= 11 is 0. The molecule has 0 bridgehead atoms. The Hall–Kier alpha value is -3.18. The summed E-state index contributed by atoms with van der Waals surface area (Å²) in [5.41, 5.74) is 2.09. The van der Waals surface area contributed by atoms with Crippen molar-refractivity contribution in [3.63, 3.8) is 0 Å². The predicted octanol–water partition coefficient (Wildman–Crippen LogP) is 4.98. The van der Waals surface area contributed by atoms with Crippen molar-refractivity contribution in [2.45, 2.75) is 45.1 Å². The maximum atomic E-state index is 15.2. The number of anilines is 1. The van der Waals surface area contributed by atoms with Crippen LogP contribution in [0.25, 0.3) is 11.3 Å². The molecule has 0 radical (unpaired) electrons. The van der Waals surface area contributed by atoms with E-state index in [0.717, 1.165) is 32.1 Å². The highest BCUT2D eigenvalue weighted by molar-refractivity contribution is 7.90. The van der Waals surface area contributed by atoms with Crippen molar-refractivity contribution in [3.05, 3.63) is 70.9 Å². The molecule has 3 heterocycles. The summed E-state index contributed by atoms with van der Waals surface area (Å²) in [7, 11) is -3.02. The lowest BCUT2D eigenvalue weighted by Crippen LogP contribution is -2.38. The lowest BCUT2D eigenvalue weighted by Gasteiger charge is -2.34. The Bertz CT molecular complexity index is 1530. The SMILES string of the molecule is CC(C)N1CCOc2c(F)cc(-c3nc(Cc4ccc(C5CCN(CCS(C)(=O)=O)CC5)c(F)c4)ncc3F)cc21. The zero-order chi connectivity index (χ0) is 29.3. The van der Waals surface area contributed by atoms with E-state index in [4.69, 9.17) is 4.74 Å². The first kappa shape index (κ1) is 29.3. The summed E-state index contributed by atoms with van der Waals surface area (Å²) in [6.07, 6.45) is 3.98. The topological polar surface area (TPSA) is 75.6 Å². The predicted molar refractivity (Wildman–Crippen MR) is 153 cm³/mol. The lowest BCUT2D eigenvalue weighted by molar-refractivity contribution is 0.221. The number of piperidine rings is 1. The average Bonchev–Trinajstić information content (AvgIpc) is 2.92. The minimum absolute atomic E-state index is 0.0225. The van der Waals surface area contributed by atoms with Gasteiger partial charge in [0.25, 0.3) is 0 Å². The molecular weight excluding hydrogens is 553 g/mol. The molecule has 0 spiro atoms. The molecule has 3 aromatic rings. The van der Waals surface area contributed by atoms with Gasteiger partial charge in [0, 0.05) is 30.8 Å². The van der Waals surface area contributed by atoms with Gasteiger partial charge in [0.05, 0.1) is 24.2 Å². The Morgan fingerprint density at radius 1 is 1.02 bits per heavy atom. The maximum Gasteiger partial charge on any atom is 0.178 e. The number of nitrogens with zero attached hydrogens (tertiary/aromatic N) is 4. The maximum absolute atomic E-state index is 15.2.